The maximum absolute atomic E-state index is 12.3. The molecule has 138 valence electrons. The van der Waals surface area contributed by atoms with Gasteiger partial charge in [0, 0.05) is 39.1 Å². The van der Waals surface area contributed by atoms with Crippen molar-refractivity contribution < 1.29 is 9.53 Å². The summed E-state index contributed by atoms with van der Waals surface area (Å²) in [5.74, 6) is 1.11. The van der Waals surface area contributed by atoms with Gasteiger partial charge in [0.1, 0.15) is 0 Å². The second-order valence-electron chi connectivity index (χ2n) is 7.77. The molecule has 5 nitrogen and oxygen atoms in total. The van der Waals surface area contributed by atoms with Crippen LogP contribution in [-0.2, 0) is 9.53 Å². The molecule has 3 fully saturated rings. The lowest BCUT2D eigenvalue weighted by Crippen LogP contribution is -2.44. The number of rotatable bonds is 5. The van der Waals surface area contributed by atoms with E-state index in [4.69, 9.17) is 4.74 Å². The third-order valence-corrected chi connectivity index (χ3v) is 5.82. The van der Waals surface area contributed by atoms with Gasteiger partial charge >= 0.3 is 0 Å². The van der Waals surface area contributed by atoms with Crippen molar-refractivity contribution in [1.82, 2.24) is 14.7 Å². The van der Waals surface area contributed by atoms with Crippen LogP contribution in [0.1, 0.15) is 44.9 Å². The Morgan fingerprint density at radius 2 is 1.58 bits per heavy atom. The Kier molecular flexibility index (Phi) is 7.36. The zero-order chi connectivity index (χ0) is 16.6. The van der Waals surface area contributed by atoms with Gasteiger partial charge in [-0.2, -0.15) is 0 Å². The third kappa shape index (κ3) is 5.71. The van der Waals surface area contributed by atoms with E-state index in [0.717, 1.165) is 25.6 Å². The highest BCUT2D eigenvalue weighted by atomic mass is 16.5. The Bertz CT molecular complexity index is 377. The molecule has 3 rings (SSSR count). The standard InChI is InChI=1S/C19H35N3O2/c23-19(22-12-14-24-15-13-22)7-11-21-10-5-6-18(17-21)16-20-8-3-1-2-4-9-20/h18H,1-17H2. The number of amides is 1. The molecule has 0 aliphatic carbocycles. The minimum absolute atomic E-state index is 0.313. The zero-order valence-electron chi connectivity index (χ0n) is 15.3. The van der Waals surface area contributed by atoms with Crippen LogP contribution in [0.4, 0.5) is 0 Å². The van der Waals surface area contributed by atoms with Crippen molar-refractivity contribution in [3.63, 3.8) is 0 Å². The summed E-state index contributed by atoms with van der Waals surface area (Å²) in [6, 6.07) is 0. The molecule has 1 amide bonds. The van der Waals surface area contributed by atoms with Crippen LogP contribution in [-0.4, -0.2) is 86.2 Å². The van der Waals surface area contributed by atoms with Crippen molar-refractivity contribution in [3.05, 3.63) is 0 Å². The molecule has 1 atom stereocenters. The van der Waals surface area contributed by atoms with E-state index in [1.807, 2.05) is 4.90 Å². The largest absolute Gasteiger partial charge is 0.378 e. The van der Waals surface area contributed by atoms with E-state index in [-0.39, 0.29) is 0 Å². The number of nitrogens with zero attached hydrogens (tertiary/aromatic N) is 3. The van der Waals surface area contributed by atoms with Gasteiger partial charge in [-0.1, -0.05) is 12.8 Å². The first-order valence-corrected chi connectivity index (χ1v) is 10.1. The number of carbonyl (C=O) groups excluding carboxylic acids is 1. The highest BCUT2D eigenvalue weighted by molar-refractivity contribution is 5.76. The second kappa shape index (κ2) is 9.73. The molecule has 24 heavy (non-hydrogen) atoms. The number of hydrogen-bond acceptors (Lipinski definition) is 4. The Labute approximate surface area is 147 Å². The quantitative estimate of drug-likeness (QED) is 0.767. The Hall–Kier alpha value is -0.650. The molecule has 0 spiro atoms. The van der Waals surface area contributed by atoms with Crippen molar-refractivity contribution in [1.29, 1.82) is 0 Å². The molecule has 0 aromatic heterocycles. The molecule has 3 aliphatic heterocycles. The van der Waals surface area contributed by atoms with Crippen molar-refractivity contribution in [2.75, 3.05) is 65.6 Å². The van der Waals surface area contributed by atoms with E-state index in [1.165, 1.54) is 71.2 Å². The highest BCUT2D eigenvalue weighted by Crippen LogP contribution is 2.20. The predicted octanol–water partition coefficient (Wildman–Crippen LogP) is 1.82. The summed E-state index contributed by atoms with van der Waals surface area (Å²) >= 11 is 0. The second-order valence-corrected chi connectivity index (χ2v) is 7.77. The number of hydrogen-bond donors (Lipinski definition) is 0. The van der Waals surface area contributed by atoms with E-state index in [9.17, 15) is 4.79 Å². The average molecular weight is 338 g/mol. The Morgan fingerprint density at radius 3 is 2.33 bits per heavy atom. The summed E-state index contributed by atoms with van der Waals surface area (Å²) < 4.78 is 5.33. The van der Waals surface area contributed by atoms with Gasteiger partial charge < -0.3 is 19.4 Å². The van der Waals surface area contributed by atoms with Crippen LogP contribution in [0.25, 0.3) is 0 Å². The lowest BCUT2D eigenvalue weighted by Gasteiger charge is -2.36. The summed E-state index contributed by atoms with van der Waals surface area (Å²) in [6.45, 7) is 10.1. The topological polar surface area (TPSA) is 36.0 Å². The summed E-state index contributed by atoms with van der Waals surface area (Å²) in [7, 11) is 0. The van der Waals surface area contributed by atoms with Gasteiger partial charge in [0.25, 0.3) is 0 Å². The van der Waals surface area contributed by atoms with Crippen LogP contribution in [0, 0.1) is 5.92 Å². The fourth-order valence-corrected chi connectivity index (χ4v) is 4.41. The van der Waals surface area contributed by atoms with E-state index in [1.54, 1.807) is 0 Å². The Morgan fingerprint density at radius 1 is 0.875 bits per heavy atom. The van der Waals surface area contributed by atoms with E-state index >= 15 is 0 Å². The van der Waals surface area contributed by atoms with E-state index in [2.05, 4.69) is 9.80 Å². The number of ether oxygens (including phenoxy) is 1. The first-order valence-electron chi connectivity index (χ1n) is 10.1. The van der Waals surface area contributed by atoms with Gasteiger partial charge in [0.05, 0.1) is 13.2 Å². The first kappa shape index (κ1) is 18.2. The summed E-state index contributed by atoms with van der Waals surface area (Å²) in [4.78, 5) is 19.5. The SMILES string of the molecule is O=C(CCN1CCCC(CN2CCCCCC2)C1)N1CCOCC1. The lowest BCUT2D eigenvalue weighted by atomic mass is 9.97. The third-order valence-electron chi connectivity index (χ3n) is 5.82. The molecular weight excluding hydrogens is 302 g/mol. The lowest BCUT2D eigenvalue weighted by molar-refractivity contribution is -0.135. The van der Waals surface area contributed by atoms with Gasteiger partial charge in [-0.15, -0.1) is 0 Å². The summed E-state index contributed by atoms with van der Waals surface area (Å²) in [6.07, 6.45) is 8.92. The molecule has 0 saturated carbocycles. The molecule has 3 heterocycles. The van der Waals surface area contributed by atoms with Gasteiger partial charge in [0.2, 0.25) is 5.91 Å². The molecular formula is C19H35N3O2. The van der Waals surface area contributed by atoms with Crippen molar-refractivity contribution in [2.45, 2.75) is 44.9 Å². The van der Waals surface area contributed by atoms with Gasteiger partial charge in [-0.05, 0) is 51.2 Å². The number of piperidine rings is 1. The van der Waals surface area contributed by atoms with Gasteiger partial charge in [0.15, 0.2) is 0 Å². The van der Waals surface area contributed by atoms with Crippen LogP contribution in [0.3, 0.4) is 0 Å². The van der Waals surface area contributed by atoms with Crippen LogP contribution < -0.4 is 0 Å². The monoisotopic (exact) mass is 337 g/mol. The molecule has 0 aromatic rings. The molecule has 3 aliphatic rings. The predicted molar refractivity (Wildman–Crippen MR) is 96.1 cm³/mol. The highest BCUT2D eigenvalue weighted by Gasteiger charge is 2.24. The van der Waals surface area contributed by atoms with E-state index < -0.39 is 0 Å². The molecule has 0 bridgehead atoms. The minimum Gasteiger partial charge on any atom is -0.378 e. The van der Waals surface area contributed by atoms with Crippen molar-refractivity contribution in [2.24, 2.45) is 5.92 Å². The molecule has 0 aromatic carbocycles. The molecule has 1 unspecified atom stereocenters. The smallest absolute Gasteiger partial charge is 0.224 e. The number of morpholine rings is 1. The summed E-state index contributed by atoms with van der Waals surface area (Å²) in [5.41, 5.74) is 0. The van der Waals surface area contributed by atoms with Gasteiger partial charge in [-0.3, -0.25) is 4.79 Å². The average Bonchev–Trinajstić information content (AvgIpc) is 2.89. The first-order chi connectivity index (χ1) is 11.8. The molecule has 3 saturated heterocycles. The summed E-state index contributed by atoms with van der Waals surface area (Å²) in [5, 5.41) is 0. The van der Waals surface area contributed by atoms with Crippen LogP contribution in [0.2, 0.25) is 0 Å². The molecule has 0 N–H and O–H groups in total. The minimum atomic E-state index is 0.313. The van der Waals surface area contributed by atoms with Crippen LogP contribution >= 0.6 is 0 Å². The normalized spacial score (nSPS) is 27.8. The number of likely N-dealkylation sites (tertiary alicyclic amines) is 2. The zero-order valence-corrected chi connectivity index (χ0v) is 15.3. The fourth-order valence-electron chi connectivity index (χ4n) is 4.41. The maximum atomic E-state index is 12.3. The Balaban J connectivity index is 1.37. The van der Waals surface area contributed by atoms with Crippen molar-refractivity contribution >= 4 is 5.91 Å². The van der Waals surface area contributed by atoms with Gasteiger partial charge in [-0.25, -0.2) is 0 Å². The maximum Gasteiger partial charge on any atom is 0.224 e. The number of carbonyl (C=O) groups is 1. The van der Waals surface area contributed by atoms with Crippen LogP contribution in [0.5, 0.6) is 0 Å². The fraction of sp³-hybridized carbons (Fsp3) is 0.947. The molecule has 5 heteroatoms. The molecule has 0 radical (unpaired) electrons. The van der Waals surface area contributed by atoms with Crippen molar-refractivity contribution in [3.8, 4) is 0 Å². The van der Waals surface area contributed by atoms with E-state index in [0.29, 0.717) is 25.5 Å². The van der Waals surface area contributed by atoms with Crippen LogP contribution in [0.15, 0.2) is 0 Å².